The van der Waals surface area contributed by atoms with Crippen LogP contribution in [0.3, 0.4) is 0 Å². The topological polar surface area (TPSA) is 62.2 Å². The van der Waals surface area contributed by atoms with E-state index in [4.69, 9.17) is 4.98 Å². The van der Waals surface area contributed by atoms with Crippen LogP contribution in [-0.2, 0) is 10.2 Å². The van der Waals surface area contributed by atoms with E-state index in [-0.39, 0.29) is 24.9 Å². The van der Waals surface area contributed by atoms with Crippen molar-refractivity contribution < 1.29 is 14.3 Å². The first-order valence-electron chi connectivity index (χ1n) is 7.87. The Kier molecular flexibility index (Phi) is 5.34. The van der Waals surface area contributed by atoms with E-state index < -0.39 is 5.41 Å². The summed E-state index contributed by atoms with van der Waals surface area (Å²) in [6.07, 6.45) is 0. The molecule has 24 heavy (non-hydrogen) atoms. The first-order chi connectivity index (χ1) is 11.3. The van der Waals surface area contributed by atoms with Crippen LogP contribution in [0.1, 0.15) is 30.7 Å². The number of benzene rings is 1. The highest BCUT2D eigenvalue weighted by Crippen LogP contribution is 2.28. The highest BCUT2D eigenvalue weighted by molar-refractivity contribution is 5.73. The van der Waals surface area contributed by atoms with E-state index in [9.17, 15) is 14.3 Å². The van der Waals surface area contributed by atoms with Gasteiger partial charge in [-0.25, -0.2) is 4.39 Å². The Morgan fingerprint density at radius 2 is 1.96 bits per heavy atom. The van der Waals surface area contributed by atoms with Crippen LogP contribution >= 0.6 is 0 Å². The maximum absolute atomic E-state index is 13.5. The van der Waals surface area contributed by atoms with Crippen molar-refractivity contribution in [3.63, 3.8) is 0 Å². The molecule has 5 heteroatoms. The molecule has 2 aromatic rings. The molecule has 0 saturated heterocycles. The van der Waals surface area contributed by atoms with Crippen LogP contribution in [-0.4, -0.2) is 29.1 Å². The van der Waals surface area contributed by atoms with Crippen molar-refractivity contribution in [2.75, 3.05) is 13.2 Å². The SMILES string of the molecule is CC(=O)NCC(C)(CO)c1ccc(C)c(-c2ccc(F)c(C)c2)n1. The molecule has 1 aromatic carbocycles. The van der Waals surface area contributed by atoms with Gasteiger partial charge < -0.3 is 10.4 Å². The number of aryl methyl sites for hydroxylation is 2. The van der Waals surface area contributed by atoms with Crippen LogP contribution in [0, 0.1) is 19.7 Å². The van der Waals surface area contributed by atoms with Crippen molar-refractivity contribution in [3.8, 4) is 11.3 Å². The molecule has 1 unspecified atom stereocenters. The number of amides is 1. The fraction of sp³-hybridized carbons (Fsp3) is 0.368. The minimum Gasteiger partial charge on any atom is -0.395 e. The third-order valence-electron chi connectivity index (χ3n) is 4.22. The first kappa shape index (κ1) is 18.1. The van der Waals surface area contributed by atoms with Gasteiger partial charge in [-0.2, -0.15) is 0 Å². The molecule has 1 amide bonds. The Morgan fingerprint density at radius 1 is 1.25 bits per heavy atom. The molecule has 0 saturated carbocycles. The summed E-state index contributed by atoms with van der Waals surface area (Å²) >= 11 is 0. The van der Waals surface area contributed by atoms with Crippen LogP contribution in [0.5, 0.6) is 0 Å². The Labute approximate surface area is 141 Å². The average Bonchev–Trinajstić information content (AvgIpc) is 2.55. The Hall–Kier alpha value is -2.27. The first-order valence-corrected chi connectivity index (χ1v) is 7.87. The van der Waals surface area contributed by atoms with Crippen LogP contribution in [0.15, 0.2) is 30.3 Å². The molecular weight excluding hydrogens is 307 g/mol. The van der Waals surface area contributed by atoms with Crippen molar-refractivity contribution in [2.24, 2.45) is 0 Å². The molecule has 1 aromatic heterocycles. The van der Waals surface area contributed by atoms with Gasteiger partial charge in [-0.3, -0.25) is 9.78 Å². The zero-order valence-electron chi connectivity index (χ0n) is 14.5. The Bertz CT molecular complexity index is 761. The molecule has 0 bridgehead atoms. The number of carbonyl (C=O) groups is 1. The monoisotopic (exact) mass is 330 g/mol. The minimum atomic E-state index is -0.691. The lowest BCUT2D eigenvalue weighted by Crippen LogP contribution is -2.41. The van der Waals surface area contributed by atoms with Crippen LogP contribution in [0.2, 0.25) is 0 Å². The molecule has 0 spiro atoms. The molecule has 128 valence electrons. The smallest absolute Gasteiger partial charge is 0.216 e. The number of hydrogen-bond acceptors (Lipinski definition) is 3. The van der Waals surface area contributed by atoms with Crippen molar-refractivity contribution in [3.05, 3.63) is 53.0 Å². The van der Waals surface area contributed by atoms with E-state index >= 15 is 0 Å². The maximum Gasteiger partial charge on any atom is 0.216 e. The lowest BCUT2D eigenvalue weighted by Gasteiger charge is -2.27. The van der Waals surface area contributed by atoms with Crippen molar-refractivity contribution in [1.29, 1.82) is 0 Å². The lowest BCUT2D eigenvalue weighted by molar-refractivity contribution is -0.119. The number of nitrogens with one attached hydrogen (secondary N) is 1. The van der Waals surface area contributed by atoms with Gasteiger partial charge in [0.2, 0.25) is 5.91 Å². The van der Waals surface area contributed by atoms with Gasteiger partial charge >= 0.3 is 0 Å². The van der Waals surface area contributed by atoms with Gasteiger partial charge in [0.05, 0.1) is 23.4 Å². The van der Waals surface area contributed by atoms with Gasteiger partial charge in [-0.05, 0) is 49.2 Å². The van der Waals surface area contributed by atoms with E-state index in [2.05, 4.69) is 5.32 Å². The summed E-state index contributed by atoms with van der Waals surface area (Å²) in [5.41, 5.74) is 3.09. The summed E-state index contributed by atoms with van der Waals surface area (Å²) in [7, 11) is 0. The van der Waals surface area contributed by atoms with E-state index in [1.165, 1.54) is 13.0 Å². The zero-order valence-corrected chi connectivity index (χ0v) is 14.5. The van der Waals surface area contributed by atoms with Crippen molar-refractivity contribution >= 4 is 5.91 Å². The molecule has 1 atom stereocenters. The normalized spacial score (nSPS) is 13.4. The van der Waals surface area contributed by atoms with Gasteiger partial charge in [-0.15, -0.1) is 0 Å². The largest absolute Gasteiger partial charge is 0.395 e. The molecule has 0 radical (unpaired) electrons. The second-order valence-electron chi connectivity index (χ2n) is 6.45. The zero-order chi connectivity index (χ0) is 17.9. The molecule has 0 aliphatic heterocycles. The molecule has 2 rings (SSSR count). The second kappa shape index (κ2) is 7.09. The number of halogens is 1. The predicted octanol–water partition coefficient (Wildman–Crippen LogP) is 2.89. The fourth-order valence-electron chi connectivity index (χ4n) is 2.50. The summed E-state index contributed by atoms with van der Waals surface area (Å²) in [6, 6.07) is 8.68. The number of carbonyl (C=O) groups excluding carboxylic acids is 1. The number of aromatic nitrogens is 1. The van der Waals surface area contributed by atoms with Crippen molar-refractivity contribution in [2.45, 2.75) is 33.1 Å². The summed E-state index contributed by atoms with van der Waals surface area (Å²) < 4.78 is 13.5. The third kappa shape index (κ3) is 3.79. The molecule has 4 nitrogen and oxygen atoms in total. The molecule has 1 heterocycles. The van der Waals surface area contributed by atoms with E-state index in [1.807, 2.05) is 26.0 Å². The number of aliphatic hydroxyl groups is 1. The highest BCUT2D eigenvalue weighted by Gasteiger charge is 2.28. The summed E-state index contributed by atoms with van der Waals surface area (Å²) in [5.74, 6) is -0.408. The predicted molar refractivity (Wildman–Crippen MR) is 92.2 cm³/mol. The van der Waals surface area contributed by atoms with Gasteiger partial charge in [0.1, 0.15) is 5.82 Å². The Balaban J connectivity index is 2.46. The minimum absolute atomic E-state index is 0.148. The summed E-state index contributed by atoms with van der Waals surface area (Å²) in [5, 5.41) is 12.6. The van der Waals surface area contributed by atoms with Crippen LogP contribution in [0.4, 0.5) is 4.39 Å². The second-order valence-corrected chi connectivity index (χ2v) is 6.45. The van der Waals surface area contributed by atoms with E-state index in [0.29, 0.717) is 11.3 Å². The molecule has 0 fully saturated rings. The number of rotatable bonds is 5. The number of nitrogens with zero attached hydrogens (tertiary/aromatic N) is 1. The third-order valence-corrected chi connectivity index (χ3v) is 4.22. The van der Waals surface area contributed by atoms with Gasteiger partial charge in [0.15, 0.2) is 0 Å². The summed E-state index contributed by atoms with van der Waals surface area (Å²) in [6.45, 7) is 7.08. The van der Waals surface area contributed by atoms with Crippen LogP contribution < -0.4 is 5.32 Å². The van der Waals surface area contributed by atoms with E-state index in [1.54, 1.807) is 19.1 Å². The number of hydrogen-bond donors (Lipinski definition) is 2. The van der Waals surface area contributed by atoms with Crippen molar-refractivity contribution in [1.82, 2.24) is 10.3 Å². The lowest BCUT2D eigenvalue weighted by atomic mass is 9.86. The number of pyridine rings is 1. The molecule has 2 N–H and O–H groups in total. The van der Waals surface area contributed by atoms with Gasteiger partial charge in [-0.1, -0.05) is 13.0 Å². The van der Waals surface area contributed by atoms with Gasteiger partial charge in [0, 0.05) is 19.0 Å². The highest BCUT2D eigenvalue weighted by atomic mass is 19.1. The average molecular weight is 330 g/mol. The fourth-order valence-corrected chi connectivity index (χ4v) is 2.50. The van der Waals surface area contributed by atoms with Gasteiger partial charge in [0.25, 0.3) is 0 Å². The molecule has 0 aliphatic carbocycles. The quantitative estimate of drug-likeness (QED) is 0.886. The maximum atomic E-state index is 13.5. The van der Waals surface area contributed by atoms with E-state index in [0.717, 1.165) is 16.8 Å². The molecular formula is C19H23FN2O2. The Morgan fingerprint density at radius 3 is 2.54 bits per heavy atom. The standard InChI is InChI=1S/C19H23FN2O2/c1-12-5-8-17(19(4,11-23)10-21-14(3)24)22-18(12)15-6-7-16(20)13(2)9-15/h5-9,23H,10-11H2,1-4H3,(H,21,24). The molecule has 0 aliphatic rings. The number of aliphatic hydroxyl groups excluding tert-OH is 1. The summed E-state index contributed by atoms with van der Waals surface area (Å²) in [4.78, 5) is 15.9. The van der Waals surface area contributed by atoms with Crippen LogP contribution in [0.25, 0.3) is 11.3 Å².